The molecule has 16 heavy (non-hydrogen) atoms. The van der Waals surface area contributed by atoms with Crippen molar-refractivity contribution in [2.24, 2.45) is 0 Å². The molecule has 0 radical (unpaired) electrons. The summed E-state index contributed by atoms with van der Waals surface area (Å²) in [5.74, 6) is 1.87. The summed E-state index contributed by atoms with van der Waals surface area (Å²) < 4.78 is 0. The molecule has 2 heterocycles. The highest BCUT2D eigenvalue weighted by Gasteiger charge is 2.23. The van der Waals surface area contributed by atoms with Crippen LogP contribution < -0.4 is 10.6 Å². The zero-order valence-electron chi connectivity index (χ0n) is 9.45. The predicted molar refractivity (Wildman–Crippen MR) is 69.9 cm³/mol. The first-order chi connectivity index (χ1) is 7.66. The number of thioether (sulfide) groups is 1. The van der Waals surface area contributed by atoms with Crippen LogP contribution in [-0.2, 0) is 4.79 Å². The van der Waals surface area contributed by atoms with Crippen LogP contribution in [0.4, 0.5) is 0 Å². The number of hydrogen-bond acceptors (Lipinski definition) is 4. The summed E-state index contributed by atoms with van der Waals surface area (Å²) in [6.07, 6.45) is 0. The summed E-state index contributed by atoms with van der Waals surface area (Å²) >= 11 is 3.51. The number of nitrogens with one attached hydrogen (secondary N) is 2. The highest BCUT2D eigenvalue weighted by Crippen LogP contribution is 2.22. The van der Waals surface area contributed by atoms with Gasteiger partial charge in [0, 0.05) is 21.4 Å². The van der Waals surface area contributed by atoms with Crippen LogP contribution in [0.25, 0.3) is 0 Å². The van der Waals surface area contributed by atoms with Crippen molar-refractivity contribution in [1.82, 2.24) is 10.6 Å². The summed E-state index contributed by atoms with van der Waals surface area (Å²) in [6.45, 7) is 4.11. The van der Waals surface area contributed by atoms with E-state index in [4.69, 9.17) is 0 Å². The smallest absolute Gasteiger partial charge is 0.238 e. The van der Waals surface area contributed by atoms with Gasteiger partial charge in [-0.25, -0.2) is 0 Å². The Morgan fingerprint density at radius 1 is 1.62 bits per heavy atom. The van der Waals surface area contributed by atoms with Gasteiger partial charge in [-0.05, 0) is 26.0 Å². The van der Waals surface area contributed by atoms with Crippen molar-refractivity contribution in [3.8, 4) is 0 Å². The van der Waals surface area contributed by atoms with Crippen molar-refractivity contribution < 1.29 is 4.79 Å². The van der Waals surface area contributed by atoms with E-state index in [9.17, 15) is 4.79 Å². The van der Waals surface area contributed by atoms with Crippen LogP contribution in [0.5, 0.6) is 0 Å². The number of aryl methyl sites for hydroxylation is 1. The number of carbonyl (C=O) groups excluding carboxylic acids is 1. The van der Waals surface area contributed by atoms with Crippen molar-refractivity contribution in [3.05, 3.63) is 21.9 Å². The average Bonchev–Trinajstić information content (AvgIpc) is 2.87. The van der Waals surface area contributed by atoms with E-state index in [2.05, 4.69) is 29.7 Å². The third kappa shape index (κ3) is 2.78. The minimum Gasteiger partial charge on any atom is -0.347 e. The number of hydrogen-bond donors (Lipinski definition) is 2. The zero-order chi connectivity index (χ0) is 11.5. The Balaban J connectivity index is 1.91. The minimum absolute atomic E-state index is 0.0199. The van der Waals surface area contributed by atoms with Gasteiger partial charge in [-0.3, -0.25) is 10.1 Å². The monoisotopic (exact) mass is 256 g/mol. The topological polar surface area (TPSA) is 41.1 Å². The standard InChI is InChI=1S/C11H16N2OS2/c1-7-3-4-10(16-7)8(2)13-11(14)9-5-15-6-12-9/h3-4,8-9,12H,5-6H2,1-2H3,(H,13,14). The van der Waals surface area contributed by atoms with Gasteiger partial charge in [0.05, 0.1) is 12.1 Å². The van der Waals surface area contributed by atoms with E-state index in [1.54, 1.807) is 23.1 Å². The maximum absolute atomic E-state index is 11.9. The molecule has 3 nitrogen and oxygen atoms in total. The Hall–Kier alpha value is -0.520. The molecular weight excluding hydrogens is 240 g/mol. The summed E-state index contributed by atoms with van der Waals surface area (Å²) in [5, 5.41) is 6.22. The fourth-order valence-electron chi connectivity index (χ4n) is 1.63. The Morgan fingerprint density at radius 2 is 2.44 bits per heavy atom. The van der Waals surface area contributed by atoms with Gasteiger partial charge < -0.3 is 5.32 Å². The summed E-state index contributed by atoms with van der Waals surface area (Å²) in [4.78, 5) is 14.4. The van der Waals surface area contributed by atoms with Gasteiger partial charge in [-0.1, -0.05) is 0 Å². The lowest BCUT2D eigenvalue weighted by molar-refractivity contribution is -0.123. The van der Waals surface area contributed by atoms with Crippen LogP contribution in [0.15, 0.2) is 12.1 Å². The third-order valence-electron chi connectivity index (χ3n) is 2.58. The first-order valence-corrected chi connectivity index (χ1v) is 7.32. The summed E-state index contributed by atoms with van der Waals surface area (Å²) in [5.41, 5.74) is 0. The van der Waals surface area contributed by atoms with E-state index in [0.717, 1.165) is 11.6 Å². The molecule has 1 amide bonds. The lowest BCUT2D eigenvalue weighted by Crippen LogP contribution is -2.42. The average molecular weight is 256 g/mol. The Kier molecular flexibility index (Phi) is 3.89. The largest absolute Gasteiger partial charge is 0.347 e. The maximum atomic E-state index is 11.9. The van der Waals surface area contributed by atoms with Crippen LogP contribution in [0.3, 0.4) is 0 Å². The van der Waals surface area contributed by atoms with Gasteiger partial charge in [-0.2, -0.15) is 0 Å². The molecule has 1 aromatic heterocycles. The normalized spacial score (nSPS) is 22.0. The molecule has 0 saturated carbocycles. The molecule has 0 bridgehead atoms. The molecule has 2 unspecified atom stereocenters. The first-order valence-electron chi connectivity index (χ1n) is 5.34. The quantitative estimate of drug-likeness (QED) is 0.868. The lowest BCUT2D eigenvalue weighted by atomic mass is 10.2. The molecule has 1 aromatic rings. The fraction of sp³-hybridized carbons (Fsp3) is 0.545. The Labute approximate surface area is 104 Å². The molecule has 1 aliphatic heterocycles. The van der Waals surface area contributed by atoms with Crippen LogP contribution in [0.2, 0.25) is 0 Å². The van der Waals surface area contributed by atoms with Gasteiger partial charge in [0.25, 0.3) is 0 Å². The minimum atomic E-state index is -0.0199. The van der Waals surface area contributed by atoms with E-state index in [1.165, 1.54) is 9.75 Å². The highest BCUT2D eigenvalue weighted by molar-refractivity contribution is 7.99. The third-order valence-corrected chi connectivity index (χ3v) is 4.70. The first kappa shape index (κ1) is 12.0. The highest BCUT2D eigenvalue weighted by atomic mass is 32.2. The fourth-order valence-corrected chi connectivity index (χ4v) is 3.46. The molecule has 2 atom stereocenters. The molecule has 0 spiro atoms. The van der Waals surface area contributed by atoms with Crippen LogP contribution in [0, 0.1) is 6.92 Å². The summed E-state index contributed by atoms with van der Waals surface area (Å²) in [6, 6.07) is 4.26. The lowest BCUT2D eigenvalue weighted by Gasteiger charge is -2.15. The van der Waals surface area contributed by atoms with Crippen molar-refractivity contribution in [2.75, 3.05) is 11.6 Å². The van der Waals surface area contributed by atoms with E-state index in [-0.39, 0.29) is 18.0 Å². The zero-order valence-corrected chi connectivity index (χ0v) is 11.1. The summed E-state index contributed by atoms with van der Waals surface area (Å²) in [7, 11) is 0. The van der Waals surface area contributed by atoms with Gasteiger partial charge in [0.1, 0.15) is 0 Å². The molecule has 5 heteroatoms. The van der Waals surface area contributed by atoms with Gasteiger partial charge in [-0.15, -0.1) is 23.1 Å². The van der Waals surface area contributed by atoms with Crippen molar-refractivity contribution >= 4 is 29.0 Å². The van der Waals surface area contributed by atoms with Gasteiger partial charge in [0.15, 0.2) is 0 Å². The molecule has 1 fully saturated rings. The Bertz CT molecular complexity index is 372. The van der Waals surface area contributed by atoms with Gasteiger partial charge in [0.2, 0.25) is 5.91 Å². The number of amides is 1. The van der Waals surface area contributed by atoms with E-state index in [1.807, 2.05) is 6.92 Å². The molecule has 2 rings (SSSR count). The van der Waals surface area contributed by atoms with E-state index in [0.29, 0.717) is 0 Å². The van der Waals surface area contributed by atoms with E-state index >= 15 is 0 Å². The molecule has 1 saturated heterocycles. The maximum Gasteiger partial charge on any atom is 0.238 e. The molecular formula is C11H16N2OS2. The second-order valence-electron chi connectivity index (χ2n) is 3.95. The van der Waals surface area contributed by atoms with Crippen LogP contribution >= 0.6 is 23.1 Å². The predicted octanol–water partition coefficient (Wildman–Crippen LogP) is 1.90. The van der Waals surface area contributed by atoms with Crippen molar-refractivity contribution in [3.63, 3.8) is 0 Å². The van der Waals surface area contributed by atoms with Crippen molar-refractivity contribution in [1.29, 1.82) is 0 Å². The molecule has 0 aliphatic carbocycles. The number of thiophene rings is 1. The van der Waals surface area contributed by atoms with Crippen LogP contribution in [0.1, 0.15) is 22.7 Å². The number of rotatable bonds is 3. The SMILES string of the molecule is Cc1ccc(C(C)NC(=O)C2CSCN2)s1. The Morgan fingerprint density at radius 3 is 3.00 bits per heavy atom. The van der Waals surface area contributed by atoms with Crippen LogP contribution in [-0.4, -0.2) is 23.6 Å². The second kappa shape index (κ2) is 5.21. The molecule has 0 aromatic carbocycles. The second-order valence-corrected chi connectivity index (χ2v) is 6.30. The molecule has 88 valence electrons. The van der Waals surface area contributed by atoms with E-state index < -0.39 is 0 Å². The van der Waals surface area contributed by atoms with Crippen molar-refractivity contribution in [2.45, 2.75) is 25.9 Å². The number of carbonyl (C=O) groups is 1. The molecule has 1 aliphatic rings. The van der Waals surface area contributed by atoms with Gasteiger partial charge >= 0.3 is 0 Å². The molecule has 2 N–H and O–H groups in total.